The Morgan fingerprint density at radius 2 is 1.65 bits per heavy atom. The predicted octanol–water partition coefficient (Wildman–Crippen LogP) is 4.28. The second-order valence-corrected chi connectivity index (χ2v) is 9.26. The predicted molar refractivity (Wildman–Crippen MR) is 122 cm³/mol. The van der Waals surface area contributed by atoms with E-state index in [2.05, 4.69) is 14.8 Å². The lowest BCUT2D eigenvalue weighted by atomic mass is 10.1. The number of carbonyl (C=O) groups is 2. The first-order chi connectivity index (χ1) is 16.3. The van der Waals surface area contributed by atoms with Gasteiger partial charge in [0.05, 0.1) is 28.9 Å². The van der Waals surface area contributed by atoms with Gasteiger partial charge in [0.25, 0.3) is 11.8 Å². The number of rotatable bonds is 5. The second-order valence-electron chi connectivity index (χ2n) is 8.28. The maximum Gasteiger partial charge on any atom is 0.416 e. The number of anilines is 1. The van der Waals surface area contributed by atoms with Crippen molar-refractivity contribution in [3.8, 4) is 0 Å². The molecule has 0 aliphatic carbocycles. The molecule has 1 aromatic heterocycles. The maximum absolute atomic E-state index is 13.2. The van der Waals surface area contributed by atoms with Gasteiger partial charge in [-0.25, -0.2) is 4.98 Å². The van der Waals surface area contributed by atoms with Crippen molar-refractivity contribution in [3.05, 3.63) is 81.3 Å². The molecule has 1 saturated heterocycles. The number of benzene rings is 2. The number of thiazole rings is 1. The summed E-state index contributed by atoms with van der Waals surface area (Å²) in [5, 5.41) is 2.51. The van der Waals surface area contributed by atoms with Gasteiger partial charge in [-0.2, -0.15) is 13.2 Å². The molecule has 3 aromatic rings. The van der Waals surface area contributed by atoms with Crippen LogP contribution in [0.1, 0.15) is 36.9 Å². The molecule has 0 spiro atoms. The topological polar surface area (TPSA) is 56.8 Å². The molecule has 0 atom stereocenters. The van der Waals surface area contributed by atoms with E-state index in [1.807, 2.05) is 11.4 Å². The number of piperazine rings is 1. The Labute approximate surface area is 198 Å². The van der Waals surface area contributed by atoms with Crippen LogP contribution in [0.15, 0.2) is 54.0 Å². The number of hydrogen-bond donors (Lipinski definition) is 0. The van der Waals surface area contributed by atoms with Crippen LogP contribution in [0.3, 0.4) is 0 Å². The van der Waals surface area contributed by atoms with E-state index in [0.717, 1.165) is 23.4 Å². The second kappa shape index (κ2) is 8.84. The molecule has 10 heteroatoms. The minimum Gasteiger partial charge on any atom is -0.368 e. The summed E-state index contributed by atoms with van der Waals surface area (Å²) in [4.78, 5) is 35.8. The lowest BCUT2D eigenvalue weighted by Gasteiger charge is -2.36. The summed E-state index contributed by atoms with van der Waals surface area (Å²) in [6.45, 7) is 3.38. The molecule has 1 fully saturated rings. The van der Waals surface area contributed by atoms with Gasteiger partial charge in [0.2, 0.25) is 0 Å². The number of halogens is 3. The van der Waals surface area contributed by atoms with Gasteiger partial charge in [0, 0.05) is 44.3 Å². The summed E-state index contributed by atoms with van der Waals surface area (Å²) in [6, 6.07) is 10.6. The Morgan fingerprint density at radius 1 is 0.912 bits per heavy atom. The minimum absolute atomic E-state index is 0.157. The van der Waals surface area contributed by atoms with Crippen molar-refractivity contribution in [1.29, 1.82) is 0 Å². The highest BCUT2D eigenvalue weighted by Gasteiger charge is 2.39. The van der Waals surface area contributed by atoms with Gasteiger partial charge in [-0.3, -0.25) is 19.4 Å². The van der Waals surface area contributed by atoms with E-state index in [-0.39, 0.29) is 18.4 Å². The molecular formula is C24H21F3N4O2S. The monoisotopic (exact) mass is 486 g/mol. The van der Waals surface area contributed by atoms with E-state index in [1.54, 1.807) is 18.3 Å². The highest BCUT2D eigenvalue weighted by atomic mass is 32.1. The number of amides is 2. The Balaban J connectivity index is 1.26. The van der Waals surface area contributed by atoms with Crippen LogP contribution >= 0.6 is 11.3 Å². The van der Waals surface area contributed by atoms with Gasteiger partial charge >= 0.3 is 6.18 Å². The van der Waals surface area contributed by atoms with E-state index < -0.39 is 11.7 Å². The fourth-order valence-corrected chi connectivity index (χ4v) is 5.00. The first kappa shape index (κ1) is 22.5. The lowest BCUT2D eigenvalue weighted by Crippen LogP contribution is -2.46. The highest BCUT2D eigenvalue weighted by molar-refractivity contribution is 7.09. The number of imide groups is 1. The lowest BCUT2D eigenvalue weighted by molar-refractivity contribution is -0.137. The molecule has 5 rings (SSSR count). The molecule has 2 amide bonds. The summed E-state index contributed by atoms with van der Waals surface area (Å²) >= 11 is 1.40. The number of nitrogens with zero attached hydrogens (tertiary/aromatic N) is 4. The molecule has 0 bridgehead atoms. The van der Waals surface area contributed by atoms with Crippen LogP contribution in [0.4, 0.5) is 18.9 Å². The van der Waals surface area contributed by atoms with Gasteiger partial charge < -0.3 is 4.90 Å². The largest absolute Gasteiger partial charge is 0.416 e. The van der Waals surface area contributed by atoms with Crippen molar-refractivity contribution in [2.45, 2.75) is 19.3 Å². The molecule has 176 valence electrons. The minimum atomic E-state index is -4.34. The van der Waals surface area contributed by atoms with Crippen LogP contribution in [0.2, 0.25) is 0 Å². The molecular weight excluding hydrogens is 465 g/mol. The average molecular weight is 487 g/mol. The maximum atomic E-state index is 13.2. The zero-order chi connectivity index (χ0) is 23.9. The van der Waals surface area contributed by atoms with Crippen LogP contribution in [0.25, 0.3) is 0 Å². The highest BCUT2D eigenvalue weighted by Crippen LogP contribution is 2.34. The van der Waals surface area contributed by atoms with E-state index >= 15 is 0 Å². The Morgan fingerprint density at radius 3 is 2.29 bits per heavy atom. The Bertz CT molecular complexity index is 1200. The van der Waals surface area contributed by atoms with Crippen molar-refractivity contribution in [2.24, 2.45) is 0 Å². The van der Waals surface area contributed by atoms with Crippen molar-refractivity contribution in [2.75, 3.05) is 31.1 Å². The molecule has 2 aliphatic heterocycles. The van der Waals surface area contributed by atoms with E-state index in [4.69, 9.17) is 0 Å². The molecule has 0 radical (unpaired) electrons. The summed E-state index contributed by atoms with van der Waals surface area (Å²) < 4.78 is 38.3. The van der Waals surface area contributed by atoms with Crippen LogP contribution in [-0.4, -0.2) is 52.8 Å². The Kier molecular flexibility index (Phi) is 5.86. The zero-order valence-corrected chi connectivity index (χ0v) is 18.9. The van der Waals surface area contributed by atoms with Crippen LogP contribution in [0.5, 0.6) is 0 Å². The average Bonchev–Trinajstić information content (AvgIpc) is 3.42. The molecule has 0 saturated carbocycles. The molecule has 3 heterocycles. The third-order valence-corrected chi connectivity index (χ3v) is 6.92. The van der Waals surface area contributed by atoms with Gasteiger partial charge in [-0.15, -0.1) is 11.3 Å². The quantitative estimate of drug-likeness (QED) is 0.504. The fraction of sp³-hybridized carbons (Fsp3) is 0.292. The van der Waals surface area contributed by atoms with Crippen molar-refractivity contribution >= 4 is 28.8 Å². The van der Waals surface area contributed by atoms with Crippen molar-refractivity contribution in [1.82, 2.24) is 14.8 Å². The number of alkyl halides is 3. The number of hydrogen-bond acceptors (Lipinski definition) is 6. The summed E-state index contributed by atoms with van der Waals surface area (Å²) in [7, 11) is 0. The first-order valence-electron chi connectivity index (χ1n) is 10.8. The van der Waals surface area contributed by atoms with Gasteiger partial charge in [-0.1, -0.05) is 18.2 Å². The summed E-state index contributed by atoms with van der Waals surface area (Å²) in [5.41, 5.74) is 1.75. The molecule has 2 aliphatic rings. The van der Waals surface area contributed by atoms with Crippen LogP contribution in [-0.2, 0) is 19.3 Å². The zero-order valence-electron chi connectivity index (χ0n) is 18.1. The smallest absolute Gasteiger partial charge is 0.368 e. The number of aromatic nitrogens is 1. The van der Waals surface area contributed by atoms with Gasteiger partial charge in [-0.05, 0) is 29.8 Å². The van der Waals surface area contributed by atoms with E-state index in [1.165, 1.54) is 28.4 Å². The third-order valence-electron chi connectivity index (χ3n) is 6.15. The molecule has 6 nitrogen and oxygen atoms in total. The summed E-state index contributed by atoms with van der Waals surface area (Å²) in [6.07, 6.45) is -2.69. The molecule has 2 aromatic carbocycles. The summed E-state index contributed by atoms with van der Waals surface area (Å²) in [5.74, 6) is -0.615. The SMILES string of the molecule is O=C1c2cccc(N3CCN(Cc4ccc(C(F)(F)F)cc4)CC3)c2C(=O)N1Cc1nccs1. The van der Waals surface area contributed by atoms with Crippen molar-refractivity contribution < 1.29 is 22.8 Å². The normalized spacial score (nSPS) is 16.9. The molecule has 34 heavy (non-hydrogen) atoms. The molecule has 0 N–H and O–H groups in total. The van der Waals surface area contributed by atoms with Gasteiger partial charge in [0.1, 0.15) is 5.01 Å². The molecule has 0 unspecified atom stereocenters. The third kappa shape index (κ3) is 4.30. The van der Waals surface area contributed by atoms with Gasteiger partial charge in [0.15, 0.2) is 0 Å². The van der Waals surface area contributed by atoms with Crippen molar-refractivity contribution in [3.63, 3.8) is 0 Å². The standard InChI is InChI=1S/C24H21F3N4O2S/c25-24(26,27)17-6-4-16(5-7-17)14-29-9-11-30(12-10-29)19-3-1-2-18-21(19)23(33)31(22(18)32)15-20-28-8-13-34-20/h1-8,13H,9-12,14-15H2. The first-order valence-corrected chi connectivity index (χ1v) is 11.7. The van der Waals surface area contributed by atoms with E-state index in [9.17, 15) is 22.8 Å². The van der Waals surface area contributed by atoms with Crippen LogP contribution in [0, 0.1) is 0 Å². The number of fused-ring (bicyclic) bond motifs is 1. The fourth-order valence-electron chi connectivity index (χ4n) is 4.39. The Hall–Kier alpha value is -3.24. The van der Waals surface area contributed by atoms with Crippen LogP contribution < -0.4 is 4.90 Å². The van der Waals surface area contributed by atoms with E-state index in [0.29, 0.717) is 48.9 Å². The number of carbonyl (C=O) groups excluding carboxylic acids is 2.